The van der Waals surface area contributed by atoms with Crippen molar-refractivity contribution in [1.82, 2.24) is 30.0 Å². The van der Waals surface area contributed by atoms with Gasteiger partial charge in [0.2, 0.25) is 0 Å². The summed E-state index contributed by atoms with van der Waals surface area (Å²) in [7, 11) is 0. The summed E-state index contributed by atoms with van der Waals surface area (Å²) in [6.45, 7) is 3.48. The molecule has 2 aliphatic rings. The Labute approximate surface area is 198 Å². The first-order chi connectivity index (χ1) is 16.8. The first kappa shape index (κ1) is 22.2. The van der Waals surface area contributed by atoms with Crippen LogP contribution in [0.2, 0.25) is 0 Å². The van der Waals surface area contributed by atoms with Crippen LogP contribution in [0.15, 0.2) is 85.3 Å². The lowest BCUT2D eigenvalue weighted by Gasteiger charge is -2.09. The number of ether oxygens (including phenoxy) is 2. The number of aromatic nitrogens is 6. The summed E-state index contributed by atoms with van der Waals surface area (Å²) in [5.74, 6) is 0.708. The Bertz CT molecular complexity index is 1090. The predicted octanol–water partition coefficient (Wildman–Crippen LogP) is 3.48. The van der Waals surface area contributed by atoms with E-state index in [4.69, 9.17) is 9.47 Å². The lowest BCUT2D eigenvalue weighted by Crippen LogP contribution is -2.08. The van der Waals surface area contributed by atoms with Crippen LogP contribution in [0.4, 0.5) is 0 Å². The first-order valence-corrected chi connectivity index (χ1v) is 11.5. The molecule has 1 aromatic carbocycles. The van der Waals surface area contributed by atoms with Crippen LogP contribution in [0, 0.1) is 11.8 Å². The third-order valence-corrected chi connectivity index (χ3v) is 5.73. The van der Waals surface area contributed by atoms with Gasteiger partial charge in [-0.1, -0.05) is 83.3 Å². The Kier molecular flexibility index (Phi) is 7.18. The summed E-state index contributed by atoms with van der Waals surface area (Å²) < 4.78 is 15.2. The molecular weight excluding hydrogens is 428 g/mol. The van der Waals surface area contributed by atoms with Gasteiger partial charge in [0.1, 0.15) is 11.4 Å². The fourth-order valence-electron chi connectivity index (χ4n) is 3.96. The van der Waals surface area contributed by atoms with Gasteiger partial charge in [0.05, 0.1) is 51.9 Å². The second-order valence-electron chi connectivity index (χ2n) is 8.48. The molecule has 0 fully saturated rings. The highest BCUT2D eigenvalue weighted by molar-refractivity contribution is 5.27. The number of allylic oxidation sites excluding steroid dienone is 4. The maximum absolute atomic E-state index is 5.78. The summed E-state index contributed by atoms with van der Waals surface area (Å²) in [4.78, 5) is 0. The molecule has 0 saturated heterocycles. The molecule has 34 heavy (non-hydrogen) atoms. The van der Waals surface area contributed by atoms with Gasteiger partial charge in [0, 0.05) is 11.8 Å². The Morgan fingerprint density at radius 1 is 0.647 bits per heavy atom. The van der Waals surface area contributed by atoms with E-state index in [1.165, 1.54) is 0 Å². The van der Waals surface area contributed by atoms with E-state index in [0.717, 1.165) is 22.5 Å². The lowest BCUT2D eigenvalue weighted by molar-refractivity contribution is 0.108. The number of benzene rings is 1. The third-order valence-electron chi connectivity index (χ3n) is 5.73. The first-order valence-electron chi connectivity index (χ1n) is 11.5. The van der Waals surface area contributed by atoms with Crippen LogP contribution in [0.25, 0.3) is 0 Å². The topological polar surface area (TPSA) is 79.9 Å². The fourth-order valence-corrected chi connectivity index (χ4v) is 3.96. The molecule has 2 aromatic heterocycles. The van der Waals surface area contributed by atoms with Gasteiger partial charge in [0.25, 0.3) is 0 Å². The van der Waals surface area contributed by atoms with Crippen LogP contribution in [0.1, 0.15) is 22.5 Å². The van der Waals surface area contributed by atoms with Crippen molar-refractivity contribution in [3.8, 4) is 0 Å². The molecule has 0 unspecified atom stereocenters. The monoisotopic (exact) mass is 456 g/mol. The molecule has 174 valence electrons. The van der Waals surface area contributed by atoms with Crippen LogP contribution in [-0.2, 0) is 35.8 Å². The third kappa shape index (κ3) is 6.03. The quantitative estimate of drug-likeness (QED) is 0.415. The summed E-state index contributed by atoms with van der Waals surface area (Å²) in [6, 6.07) is 8.29. The summed E-state index contributed by atoms with van der Waals surface area (Å²) >= 11 is 0. The number of hydrogen-bond donors (Lipinski definition) is 0. The Balaban J connectivity index is 1.13. The van der Waals surface area contributed by atoms with Crippen LogP contribution in [0.5, 0.6) is 0 Å². The van der Waals surface area contributed by atoms with Crippen LogP contribution < -0.4 is 0 Å². The van der Waals surface area contributed by atoms with E-state index in [2.05, 4.69) is 57.1 Å². The van der Waals surface area contributed by atoms with E-state index >= 15 is 0 Å². The van der Waals surface area contributed by atoms with Crippen molar-refractivity contribution in [3.63, 3.8) is 0 Å². The minimum Gasteiger partial charge on any atom is -0.374 e. The average molecular weight is 457 g/mol. The van der Waals surface area contributed by atoms with E-state index < -0.39 is 0 Å². The van der Waals surface area contributed by atoms with Gasteiger partial charge in [-0.2, -0.15) is 0 Å². The van der Waals surface area contributed by atoms with Crippen molar-refractivity contribution in [2.24, 2.45) is 11.8 Å². The van der Waals surface area contributed by atoms with E-state index in [-0.39, 0.29) is 0 Å². The molecule has 2 heterocycles. The van der Waals surface area contributed by atoms with E-state index in [0.29, 0.717) is 51.4 Å². The van der Waals surface area contributed by atoms with Gasteiger partial charge < -0.3 is 9.47 Å². The minimum atomic E-state index is 0.354. The molecule has 3 aromatic rings. The summed E-state index contributed by atoms with van der Waals surface area (Å²) in [5.41, 5.74) is 3.98. The van der Waals surface area contributed by atoms with Gasteiger partial charge in [-0.15, -0.1) is 10.2 Å². The van der Waals surface area contributed by atoms with Crippen LogP contribution in [0.3, 0.4) is 0 Å². The van der Waals surface area contributed by atoms with Crippen molar-refractivity contribution in [2.45, 2.75) is 26.3 Å². The maximum Gasteiger partial charge on any atom is 0.108 e. The standard InChI is InChI=1S/C26H28N6O2/c1-2-8-21(7-1)17-33-19-25-15-31(29-27-25)13-23-11-5-6-12-24(23)14-32-16-26(28-30-32)20-34-18-22-9-3-4-10-22/h1-12,15-16,21-22H,13-14,17-20H2. The smallest absolute Gasteiger partial charge is 0.108 e. The predicted molar refractivity (Wildman–Crippen MR) is 128 cm³/mol. The molecule has 0 bridgehead atoms. The van der Waals surface area contributed by atoms with Crippen molar-refractivity contribution in [2.75, 3.05) is 13.2 Å². The highest BCUT2D eigenvalue weighted by atomic mass is 16.5. The van der Waals surface area contributed by atoms with Crippen LogP contribution in [-0.4, -0.2) is 43.2 Å². The highest BCUT2D eigenvalue weighted by Gasteiger charge is 2.10. The van der Waals surface area contributed by atoms with E-state index in [1.807, 2.05) is 58.2 Å². The number of hydrogen-bond acceptors (Lipinski definition) is 6. The van der Waals surface area contributed by atoms with Crippen molar-refractivity contribution in [1.29, 1.82) is 0 Å². The minimum absolute atomic E-state index is 0.354. The Morgan fingerprint density at radius 2 is 1.09 bits per heavy atom. The second kappa shape index (κ2) is 11.0. The fraction of sp³-hybridized carbons (Fsp3) is 0.308. The molecule has 0 spiro atoms. The molecule has 0 saturated carbocycles. The zero-order valence-electron chi connectivity index (χ0n) is 19.0. The SMILES string of the molecule is C1=CC(COCc2cn(Cc3ccccc3Cn3cc(COCC4C=CC=C4)nn3)nn2)C=C1. The summed E-state index contributed by atoms with van der Waals surface area (Å²) in [6.07, 6.45) is 20.6. The zero-order chi connectivity index (χ0) is 23.0. The van der Waals surface area contributed by atoms with Crippen molar-refractivity contribution < 1.29 is 9.47 Å². The molecule has 8 heteroatoms. The Morgan fingerprint density at radius 3 is 1.53 bits per heavy atom. The summed E-state index contributed by atoms with van der Waals surface area (Å²) in [5, 5.41) is 17.1. The molecule has 0 aliphatic heterocycles. The van der Waals surface area contributed by atoms with Gasteiger partial charge >= 0.3 is 0 Å². The molecular formula is C26H28N6O2. The molecule has 8 nitrogen and oxygen atoms in total. The van der Waals surface area contributed by atoms with Crippen LogP contribution >= 0.6 is 0 Å². The number of nitrogens with zero attached hydrogens (tertiary/aromatic N) is 6. The van der Waals surface area contributed by atoms with E-state index in [1.54, 1.807) is 0 Å². The molecule has 0 N–H and O–H groups in total. The van der Waals surface area contributed by atoms with Crippen molar-refractivity contribution >= 4 is 0 Å². The second-order valence-corrected chi connectivity index (χ2v) is 8.48. The highest BCUT2D eigenvalue weighted by Crippen LogP contribution is 2.14. The molecule has 2 aliphatic carbocycles. The van der Waals surface area contributed by atoms with Gasteiger partial charge in [-0.25, -0.2) is 9.36 Å². The van der Waals surface area contributed by atoms with Crippen molar-refractivity contribution in [3.05, 3.63) is 108 Å². The van der Waals surface area contributed by atoms with Gasteiger partial charge in [-0.3, -0.25) is 0 Å². The lowest BCUT2D eigenvalue weighted by atomic mass is 10.1. The molecule has 0 radical (unpaired) electrons. The number of rotatable bonds is 12. The van der Waals surface area contributed by atoms with E-state index in [9.17, 15) is 0 Å². The molecule has 0 amide bonds. The maximum atomic E-state index is 5.78. The normalized spacial score (nSPS) is 15.3. The zero-order valence-corrected chi connectivity index (χ0v) is 19.0. The van der Waals surface area contributed by atoms with Gasteiger partial charge in [-0.05, 0) is 11.1 Å². The largest absolute Gasteiger partial charge is 0.374 e. The molecule has 0 atom stereocenters. The molecule has 5 rings (SSSR count). The Hall–Kier alpha value is -3.62. The van der Waals surface area contributed by atoms with Gasteiger partial charge in [0.15, 0.2) is 0 Å². The average Bonchev–Trinajstić information content (AvgIpc) is 3.65.